The van der Waals surface area contributed by atoms with E-state index in [0.29, 0.717) is 11.5 Å². The Bertz CT molecular complexity index is 1200. The van der Waals surface area contributed by atoms with Gasteiger partial charge in [-0.15, -0.1) is 11.3 Å². The highest BCUT2D eigenvalue weighted by atomic mass is 32.1. The fourth-order valence-electron chi connectivity index (χ4n) is 3.77. The van der Waals surface area contributed by atoms with Gasteiger partial charge in [-0.25, -0.2) is 4.39 Å². The number of benzene rings is 2. The second-order valence-electron chi connectivity index (χ2n) is 7.10. The molecule has 1 atom stereocenters. The second kappa shape index (κ2) is 8.84. The van der Waals surface area contributed by atoms with Crippen molar-refractivity contribution < 1.29 is 28.6 Å². The van der Waals surface area contributed by atoms with Crippen LogP contribution < -0.4 is 9.47 Å². The lowest BCUT2D eigenvalue weighted by atomic mass is 9.94. The van der Waals surface area contributed by atoms with Gasteiger partial charge < -0.3 is 19.5 Å². The van der Waals surface area contributed by atoms with Crippen molar-refractivity contribution >= 4 is 28.8 Å². The van der Waals surface area contributed by atoms with Gasteiger partial charge in [-0.3, -0.25) is 9.59 Å². The van der Waals surface area contributed by atoms with Crippen LogP contribution in [0.25, 0.3) is 5.76 Å². The van der Waals surface area contributed by atoms with Crippen molar-refractivity contribution in [2.75, 3.05) is 14.2 Å². The molecule has 0 spiro atoms. The van der Waals surface area contributed by atoms with Gasteiger partial charge in [0.15, 0.2) is 11.5 Å². The van der Waals surface area contributed by atoms with Crippen LogP contribution in [0.5, 0.6) is 11.5 Å². The Kier molecular flexibility index (Phi) is 5.96. The summed E-state index contributed by atoms with van der Waals surface area (Å²) in [4.78, 5) is 28.1. The minimum Gasteiger partial charge on any atom is -0.507 e. The SMILES string of the molecule is COc1ccc(/C(O)=C2\C(=O)C(=O)N(Cc3cccs3)C2c2ccccc2F)cc1OC. The van der Waals surface area contributed by atoms with Crippen LogP contribution in [0.1, 0.15) is 22.0 Å². The number of carbonyl (C=O) groups is 2. The molecular weight excluding hydrogens is 433 g/mol. The summed E-state index contributed by atoms with van der Waals surface area (Å²) in [6, 6.07) is 13.1. The third-order valence-corrected chi connectivity index (χ3v) is 6.16. The fraction of sp³-hybridized carbons (Fsp3) is 0.167. The van der Waals surface area contributed by atoms with Crippen molar-refractivity contribution in [1.29, 1.82) is 0 Å². The number of nitrogens with zero attached hydrogens (tertiary/aromatic N) is 1. The Morgan fingerprint density at radius 1 is 1.06 bits per heavy atom. The van der Waals surface area contributed by atoms with Gasteiger partial charge in [-0.2, -0.15) is 0 Å². The molecule has 4 rings (SSSR count). The predicted octanol–water partition coefficient (Wildman–Crippen LogP) is 4.53. The van der Waals surface area contributed by atoms with Crippen molar-refractivity contribution in [3.63, 3.8) is 0 Å². The van der Waals surface area contributed by atoms with E-state index in [1.807, 2.05) is 17.5 Å². The number of rotatable bonds is 6. The average molecular weight is 453 g/mol. The topological polar surface area (TPSA) is 76.1 Å². The molecule has 1 amide bonds. The van der Waals surface area contributed by atoms with E-state index in [-0.39, 0.29) is 23.2 Å². The highest BCUT2D eigenvalue weighted by Crippen LogP contribution is 2.42. The monoisotopic (exact) mass is 453 g/mol. The summed E-state index contributed by atoms with van der Waals surface area (Å²) in [5, 5.41) is 13.0. The van der Waals surface area contributed by atoms with Crippen LogP contribution in [0.15, 0.2) is 65.6 Å². The van der Waals surface area contributed by atoms with Crippen LogP contribution in [0, 0.1) is 5.82 Å². The first kappa shape index (κ1) is 21.6. The molecule has 164 valence electrons. The van der Waals surface area contributed by atoms with Gasteiger partial charge in [0.05, 0.1) is 32.4 Å². The lowest BCUT2D eigenvalue weighted by Crippen LogP contribution is -2.29. The molecule has 0 radical (unpaired) electrons. The number of ketones is 1. The first-order valence-corrected chi connectivity index (χ1v) is 10.6. The third kappa shape index (κ3) is 3.73. The molecule has 1 N–H and O–H groups in total. The zero-order valence-electron chi connectivity index (χ0n) is 17.4. The highest BCUT2D eigenvalue weighted by Gasteiger charge is 2.47. The lowest BCUT2D eigenvalue weighted by Gasteiger charge is -2.25. The molecule has 1 fully saturated rings. The van der Waals surface area contributed by atoms with E-state index in [1.54, 1.807) is 18.2 Å². The van der Waals surface area contributed by atoms with Gasteiger partial charge in [-0.1, -0.05) is 24.3 Å². The third-order valence-electron chi connectivity index (χ3n) is 5.30. The molecule has 32 heavy (non-hydrogen) atoms. The lowest BCUT2D eigenvalue weighted by molar-refractivity contribution is -0.140. The van der Waals surface area contributed by atoms with E-state index in [1.165, 1.54) is 54.7 Å². The molecule has 1 aliphatic heterocycles. The highest BCUT2D eigenvalue weighted by molar-refractivity contribution is 7.09. The summed E-state index contributed by atoms with van der Waals surface area (Å²) in [6.45, 7) is 0.115. The summed E-state index contributed by atoms with van der Waals surface area (Å²) in [6.07, 6.45) is 0. The minimum atomic E-state index is -1.08. The van der Waals surface area contributed by atoms with Crippen LogP contribution in [0.2, 0.25) is 0 Å². The Labute approximate surface area is 188 Å². The van der Waals surface area contributed by atoms with Crippen LogP contribution in [-0.4, -0.2) is 35.9 Å². The van der Waals surface area contributed by atoms with Crippen LogP contribution >= 0.6 is 11.3 Å². The van der Waals surface area contributed by atoms with E-state index in [9.17, 15) is 19.1 Å². The second-order valence-corrected chi connectivity index (χ2v) is 8.13. The largest absolute Gasteiger partial charge is 0.507 e. The molecule has 0 bridgehead atoms. The maximum Gasteiger partial charge on any atom is 0.295 e. The molecule has 1 saturated heterocycles. The quantitative estimate of drug-likeness (QED) is 0.337. The average Bonchev–Trinajstić information content (AvgIpc) is 3.41. The van der Waals surface area contributed by atoms with Crippen molar-refractivity contribution in [1.82, 2.24) is 4.90 Å². The number of hydrogen-bond acceptors (Lipinski definition) is 6. The molecule has 2 aromatic carbocycles. The number of thiophene rings is 1. The van der Waals surface area contributed by atoms with Crippen LogP contribution in [0.3, 0.4) is 0 Å². The van der Waals surface area contributed by atoms with Gasteiger partial charge in [0, 0.05) is 16.0 Å². The molecule has 0 aliphatic carbocycles. The number of hydrogen-bond donors (Lipinski definition) is 1. The molecule has 2 heterocycles. The van der Waals surface area contributed by atoms with Gasteiger partial charge in [0.2, 0.25) is 0 Å². The van der Waals surface area contributed by atoms with Gasteiger partial charge >= 0.3 is 0 Å². The summed E-state index contributed by atoms with van der Waals surface area (Å²) < 4.78 is 25.3. The number of methoxy groups -OCH3 is 2. The molecule has 1 unspecified atom stereocenters. The predicted molar refractivity (Wildman–Crippen MR) is 118 cm³/mol. The number of aliphatic hydroxyl groups excluding tert-OH is 1. The number of carbonyl (C=O) groups excluding carboxylic acids is 2. The number of amides is 1. The number of likely N-dealkylation sites (tertiary alicyclic amines) is 1. The Hall–Kier alpha value is -3.65. The Morgan fingerprint density at radius 3 is 2.47 bits per heavy atom. The van der Waals surface area contributed by atoms with E-state index in [4.69, 9.17) is 9.47 Å². The van der Waals surface area contributed by atoms with Gasteiger partial charge in [0.1, 0.15) is 11.6 Å². The normalized spacial score (nSPS) is 17.6. The van der Waals surface area contributed by atoms with Crippen LogP contribution in [0.4, 0.5) is 4.39 Å². The first-order valence-electron chi connectivity index (χ1n) is 9.74. The Balaban J connectivity index is 1.89. The van der Waals surface area contributed by atoms with E-state index >= 15 is 0 Å². The maximum atomic E-state index is 14.8. The molecule has 6 nitrogen and oxygen atoms in total. The standard InChI is InChI=1S/C24H20FNO5S/c1-30-18-10-9-14(12-19(18)31-2)22(27)20-21(16-7-3-4-8-17(16)25)26(24(29)23(20)28)13-15-6-5-11-32-15/h3-12,21,27H,13H2,1-2H3/b22-20+. The number of aliphatic hydroxyl groups is 1. The summed E-state index contributed by atoms with van der Waals surface area (Å²) in [5.41, 5.74) is 0.201. The summed E-state index contributed by atoms with van der Waals surface area (Å²) in [7, 11) is 2.92. The van der Waals surface area contributed by atoms with E-state index in [2.05, 4.69) is 0 Å². The van der Waals surface area contributed by atoms with Gasteiger partial charge in [0.25, 0.3) is 11.7 Å². The first-order chi connectivity index (χ1) is 15.5. The van der Waals surface area contributed by atoms with E-state index < -0.39 is 29.3 Å². The smallest absolute Gasteiger partial charge is 0.295 e. The number of ether oxygens (including phenoxy) is 2. The molecule has 1 aliphatic rings. The molecule has 8 heteroatoms. The number of halogens is 1. The molecule has 3 aromatic rings. The maximum absolute atomic E-state index is 14.8. The molecular formula is C24H20FNO5S. The van der Waals surface area contributed by atoms with Crippen molar-refractivity contribution in [2.24, 2.45) is 0 Å². The van der Waals surface area contributed by atoms with E-state index in [0.717, 1.165) is 4.88 Å². The number of Topliss-reactive ketones (excluding diaryl/α,β-unsaturated/α-hetero) is 1. The zero-order valence-corrected chi connectivity index (χ0v) is 18.2. The molecule has 0 saturated carbocycles. The molecule has 1 aromatic heterocycles. The minimum absolute atomic E-state index is 0.115. The fourth-order valence-corrected chi connectivity index (χ4v) is 4.48. The summed E-state index contributed by atoms with van der Waals surface area (Å²) in [5.74, 6) is -1.88. The van der Waals surface area contributed by atoms with Gasteiger partial charge in [-0.05, 0) is 35.7 Å². The summed E-state index contributed by atoms with van der Waals surface area (Å²) >= 11 is 1.42. The zero-order chi connectivity index (χ0) is 22.8. The van der Waals surface area contributed by atoms with Crippen molar-refractivity contribution in [3.8, 4) is 11.5 Å². The van der Waals surface area contributed by atoms with Crippen molar-refractivity contribution in [2.45, 2.75) is 12.6 Å². The van der Waals surface area contributed by atoms with Crippen LogP contribution in [-0.2, 0) is 16.1 Å². The Morgan fingerprint density at radius 2 is 1.81 bits per heavy atom. The van der Waals surface area contributed by atoms with Crippen molar-refractivity contribution in [3.05, 3.63) is 87.4 Å².